The molecule has 2 aromatic carbocycles. The maximum absolute atomic E-state index is 13.3. The number of fused-ring (bicyclic) bond motifs is 1. The molecule has 3 nitrogen and oxygen atoms in total. The van der Waals surface area contributed by atoms with Crippen LogP contribution in [0.3, 0.4) is 0 Å². The molecule has 0 atom stereocenters. The lowest BCUT2D eigenvalue weighted by Crippen LogP contribution is -2.08. The van der Waals surface area contributed by atoms with E-state index >= 15 is 0 Å². The summed E-state index contributed by atoms with van der Waals surface area (Å²) in [6.07, 6.45) is 3.18. The van der Waals surface area contributed by atoms with Crippen LogP contribution < -0.4 is 5.32 Å². The lowest BCUT2D eigenvalue weighted by molar-refractivity contribution is 0.628. The van der Waals surface area contributed by atoms with Crippen LogP contribution in [0, 0.1) is 12.7 Å². The van der Waals surface area contributed by atoms with Gasteiger partial charge in [-0.3, -0.25) is 0 Å². The van der Waals surface area contributed by atoms with E-state index in [0.29, 0.717) is 0 Å². The first kappa shape index (κ1) is 16.2. The first-order chi connectivity index (χ1) is 12.1. The molecule has 1 aliphatic rings. The van der Waals surface area contributed by atoms with E-state index in [-0.39, 0.29) is 5.82 Å². The van der Waals surface area contributed by atoms with Gasteiger partial charge in [0.15, 0.2) is 0 Å². The third-order valence-electron chi connectivity index (χ3n) is 4.71. The van der Waals surface area contributed by atoms with Crippen LogP contribution in [0.25, 0.3) is 16.9 Å². The maximum atomic E-state index is 13.3. The SMILES string of the molecule is Cc1c(Cl)cccc1-n1nc(-c2ccc(F)cc2)c2c1NCCCC2. The molecule has 0 aliphatic carbocycles. The Morgan fingerprint density at radius 1 is 1.12 bits per heavy atom. The van der Waals surface area contributed by atoms with Gasteiger partial charge in [-0.15, -0.1) is 0 Å². The molecule has 0 fully saturated rings. The molecular weight excluding hydrogens is 337 g/mol. The quantitative estimate of drug-likeness (QED) is 0.668. The number of hydrogen-bond acceptors (Lipinski definition) is 2. The highest BCUT2D eigenvalue weighted by Crippen LogP contribution is 2.35. The molecule has 1 aliphatic heterocycles. The molecule has 5 heteroatoms. The van der Waals surface area contributed by atoms with Gasteiger partial charge in [-0.25, -0.2) is 9.07 Å². The van der Waals surface area contributed by atoms with E-state index in [0.717, 1.165) is 59.2 Å². The van der Waals surface area contributed by atoms with Gasteiger partial charge in [0.05, 0.1) is 11.4 Å². The van der Waals surface area contributed by atoms with Gasteiger partial charge in [0.1, 0.15) is 11.6 Å². The minimum atomic E-state index is -0.238. The first-order valence-corrected chi connectivity index (χ1v) is 8.90. The Bertz CT molecular complexity index is 915. The molecular formula is C20H19ClFN3. The lowest BCUT2D eigenvalue weighted by atomic mass is 10.0. The Hall–Kier alpha value is -2.33. The predicted octanol–water partition coefficient (Wildman–Crippen LogP) is 5.39. The fraction of sp³-hybridized carbons (Fsp3) is 0.250. The number of aromatic nitrogens is 2. The topological polar surface area (TPSA) is 29.9 Å². The van der Waals surface area contributed by atoms with Crippen molar-refractivity contribution in [3.63, 3.8) is 0 Å². The normalized spacial score (nSPS) is 13.9. The van der Waals surface area contributed by atoms with E-state index in [2.05, 4.69) is 5.32 Å². The number of anilines is 1. The fourth-order valence-corrected chi connectivity index (χ4v) is 3.51. The van der Waals surface area contributed by atoms with E-state index in [1.165, 1.54) is 17.7 Å². The number of nitrogens with zero attached hydrogens (tertiary/aromatic N) is 2. The molecule has 0 unspecified atom stereocenters. The van der Waals surface area contributed by atoms with Crippen molar-refractivity contribution in [3.05, 3.63) is 64.4 Å². The summed E-state index contributed by atoms with van der Waals surface area (Å²) < 4.78 is 15.3. The van der Waals surface area contributed by atoms with E-state index < -0.39 is 0 Å². The summed E-state index contributed by atoms with van der Waals surface area (Å²) in [5, 5.41) is 9.12. The molecule has 25 heavy (non-hydrogen) atoms. The van der Waals surface area contributed by atoms with E-state index in [1.807, 2.05) is 29.8 Å². The van der Waals surface area contributed by atoms with Crippen LogP contribution in [0.2, 0.25) is 5.02 Å². The van der Waals surface area contributed by atoms with Crippen LogP contribution in [0.15, 0.2) is 42.5 Å². The molecule has 1 N–H and O–H groups in total. The van der Waals surface area contributed by atoms with Crippen molar-refractivity contribution in [2.45, 2.75) is 26.2 Å². The zero-order valence-corrected chi connectivity index (χ0v) is 14.8. The van der Waals surface area contributed by atoms with E-state index in [1.54, 1.807) is 12.1 Å². The molecule has 0 saturated heterocycles. The Labute approximate surface area is 151 Å². The van der Waals surface area contributed by atoms with Gasteiger partial charge in [-0.05, 0) is 68.1 Å². The van der Waals surface area contributed by atoms with Gasteiger partial charge in [0, 0.05) is 22.7 Å². The summed E-state index contributed by atoms with van der Waals surface area (Å²) in [5.74, 6) is 0.778. The second kappa shape index (κ2) is 6.52. The predicted molar refractivity (Wildman–Crippen MR) is 100 cm³/mol. The molecule has 2 heterocycles. The standard InChI is InChI=1S/C20H19ClFN3/c1-13-17(21)6-4-7-18(13)25-20-16(5-2-3-12-23-20)19(24-25)14-8-10-15(22)11-9-14/h4,6-11,23H,2-3,5,12H2,1H3. The van der Waals surface area contributed by atoms with Crippen molar-refractivity contribution in [1.82, 2.24) is 9.78 Å². The van der Waals surface area contributed by atoms with Crippen molar-refractivity contribution >= 4 is 17.4 Å². The zero-order valence-electron chi connectivity index (χ0n) is 14.0. The summed E-state index contributed by atoms with van der Waals surface area (Å²) in [6.45, 7) is 2.92. The summed E-state index contributed by atoms with van der Waals surface area (Å²) in [7, 11) is 0. The highest BCUT2D eigenvalue weighted by molar-refractivity contribution is 6.31. The minimum Gasteiger partial charge on any atom is -0.370 e. The average molecular weight is 356 g/mol. The van der Waals surface area contributed by atoms with E-state index in [9.17, 15) is 4.39 Å². The minimum absolute atomic E-state index is 0.238. The van der Waals surface area contributed by atoms with Gasteiger partial charge in [0.25, 0.3) is 0 Å². The fourth-order valence-electron chi connectivity index (χ4n) is 3.34. The maximum Gasteiger partial charge on any atom is 0.133 e. The Morgan fingerprint density at radius 3 is 2.72 bits per heavy atom. The summed E-state index contributed by atoms with van der Waals surface area (Å²) in [5.41, 5.74) is 4.98. The van der Waals surface area contributed by atoms with Crippen molar-refractivity contribution in [3.8, 4) is 16.9 Å². The van der Waals surface area contributed by atoms with Crippen LogP contribution in [-0.4, -0.2) is 16.3 Å². The van der Waals surface area contributed by atoms with Gasteiger partial charge in [-0.2, -0.15) is 5.10 Å². The molecule has 0 bridgehead atoms. The molecule has 128 valence electrons. The van der Waals surface area contributed by atoms with Crippen LogP contribution >= 0.6 is 11.6 Å². The summed E-state index contributed by atoms with van der Waals surface area (Å²) >= 11 is 6.32. The molecule has 0 saturated carbocycles. The second-order valence-electron chi connectivity index (χ2n) is 6.36. The van der Waals surface area contributed by atoms with Crippen molar-refractivity contribution in [2.75, 3.05) is 11.9 Å². The summed E-state index contributed by atoms with van der Waals surface area (Å²) in [4.78, 5) is 0. The molecule has 1 aromatic heterocycles. The second-order valence-corrected chi connectivity index (χ2v) is 6.77. The number of halogens is 2. The van der Waals surface area contributed by atoms with Crippen LogP contribution in [0.1, 0.15) is 24.0 Å². The molecule has 0 radical (unpaired) electrons. The number of rotatable bonds is 2. The molecule has 0 spiro atoms. The monoisotopic (exact) mass is 355 g/mol. The summed E-state index contributed by atoms with van der Waals surface area (Å²) in [6, 6.07) is 12.4. The third kappa shape index (κ3) is 2.91. The van der Waals surface area contributed by atoms with E-state index in [4.69, 9.17) is 16.7 Å². The Balaban J connectivity index is 1.93. The highest BCUT2D eigenvalue weighted by atomic mass is 35.5. The third-order valence-corrected chi connectivity index (χ3v) is 5.12. The van der Waals surface area contributed by atoms with Gasteiger partial charge in [-0.1, -0.05) is 17.7 Å². The van der Waals surface area contributed by atoms with Crippen molar-refractivity contribution in [2.24, 2.45) is 0 Å². The number of benzene rings is 2. The lowest BCUT2D eigenvalue weighted by Gasteiger charge is -2.12. The average Bonchev–Trinajstić information content (AvgIpc) is 2.80. The Morgan fingerprint density at radius 2 is 1.92 bits per heavy atom. The Kier molecular flexibility index (Phi) is 4.22. The number of nitrogens with one attached hydrogen (secondary N) is 1. The van der Waals surface area contributed by atoms with Gasteiger partial charge < -0.3 is 5.32 Å². The van der Waals surface area contributed by atoms with Crippen LogP contribution in [-0.2, 0) is 6.42 Å². The highest BCUT2D eigenvalue weighted by Gasteiger charge is 2.22. The zero-order chi connectivity index (χ0) is 17.4. The largest absolute Gasteiger partial charge is 0.370 e. The van der Waals surface area contributed by atoms with Gasteiger partial charge in [0.2, 0.25) is 0 Å². The number of hydrogen-bond donors (Lipinski definition) is 1. The first-order valence-electron chi connectivity index (χ1n) is 8.52. The molecule has 0 amide bonds. The van der Waals surface area contributed by atoms with Crippen LogP contribution in [0.4, 0.5) is 10.2 Å². The van der Waals surface area contributed by atoms with Crippen molar-refractivity contribution in [1.29, 1.82) is 0 Å². The molecule has 4 rings (SSSR count). The molecule has 3 aromatic rings. The smallest absolute Gasteiger partial charge is 0.133 e. The van der Waals surface area contributed by atoms with Gasteiger partial charge >= 0.3 is 0 Å². The van der Waals surface area contributed by atoms with Crippen LogP contribution in [0.5, 0.6) is 0 Å². The van der Waals surface area contributed by atoms with Crippen molar-refractivity contribution < 1.29 is 4.39 Å².